The number of aliphatic hydroxyl groups is 2. The summed E-state index contributed by atoms with van der Waals surface area (Å²) in [5.41, 5.74) is -0.585. The van der Waals surface area contributed by atoms with Crippen molar-refractivity contribution in [1.29, 1.82) is 0 Å². The molecule has 0 saturated carbocycles. The van der Waals surface area contributed by atoms with E-state index in [9.17, 15) is 33.9 Å². The Morgan fingerprint density at radius 2 is 1.77 bits per heavy atom. The molecule has 6 atom stereocenters. The summed E-state index contributed by atoms with van der Waals surface area (Å²) >= 11 is 0. The fourth-order valence-corrected chi connectivity index (χ4v) is 5.10. The van der Waals surface area contributed by atoms with Gasteiger partial charge in [0.15, 0.2) is 17.4 Å². The van der Waals surface area contributed by atoms with Crippen LogP contribution in [0.5, 0.6) is 0 Å². The fraction of sp³-hybridized carbons (Fsp3) is 0.615. The monoisotopic (exact) mass is 484 g/mol. The van der Waals surface area contributed by atoms with Gasteiger partial charge >= 0.3 is 15.6 Å². The van der Waals surface area contributed by atoms with E-state index in [4.69, 9.17) is 9.47 Å². The average molecular weight is 484 g/mol. The summed E-state index contributed by atoms with van der Waals surface area (Å²) in [7, 11) is -10.1. The van der Waals surface area contributed by atoms with Crippen molar-refractivity contribution in [3.8, 4) is 0 Å². The molecule has 3 aliphatic heterocycles. The summed E-state index contributed by atoms with van der Waals surface area (Å²) in [5.74, 6) is 0. The number of hydrogen-bond donors (Lipinski definition) is 4. The molecule has 5 heterocycles. The summed E-state index contributed by atoms with van der Waals surface area (Å²) in [6.45, 7) is -1.90. The van der Waals surface area contributed by atoms with E-state index in [-0.39, 0.29) is 24.5 Å². The van der Waals surface area contributed by atoms with Gasteiger partial charge in [-0.3, -0.25) is 23.0 Å². The maximum absolute atomic E-state index is 12.6. The van der Waals surface area contributed by atoms with Gasteiger partial charge in [0.1, 0.15) is 31.4 Å². The second-order valence-corrected chi connectivity index (χ2v) is 9.62. The van der Waals surface area contributed by atoms with E-state index in [1.165, 1.54) is 10.9 Å². The van der Waals surface area contributed by atoms with E-state index in [0.29, 0.717) is 0 Å². The van der Waals surface area contributed by atoms with Crippen molar-refractivity contribution >= 4 is 26.8 Å². The molecule has 5 rings (SSSR count). The van der Waals surface area contributed by atoms with Gasteiger partial charge in [-0.05, 0) is 0 Å². The molecule has 0 aromatic carbocycles. The number of phosphoric acid groups is 2. The summed E-state index contributed by atoms with van der Waals surface area (Å²) in [4.78, 5) is 39.9. The number of aliphatic hydroxyl groups excluding tert-OH is 2. The number of aromatic nitrogens is 4. The van der Waals surface area contributed by atoms with Crippen molar-refractivity contribution in [3.05, 3.63) is 23.0 Å². The highest BCUT2D eigenvalue weighted by molar-refractivity contribution is 7.61. The maximum Gasteiger partial charge on any atom is 0.481 e. The molecule has 0 radical (unpaired) electrons. The Morgan fingerprint density at radius 3 is 2.55 bits per heavy atom. The van der Waals surface area contributed by atoms with E-state index in [1.807, 2.05) is 0 Å². The highest BCUT2D eigenvalue weighted by Gasteiger charge is 2.46. The first-order valence-corrected chi connectivity index (χ1v) is 11.7. The Balaban J connectivity index is 1.69. The van der Waals surface area contributed by atoms with Gasteiger partial charge in [-0.15, -0.1) is 0 Å². The minimum absolute atomic E-state index is 0.0564. The van der Waals surface area contributed by atoms with Crippen LogP contribution in [-0.4, -0.2) is 77.2 Å². The number of phosphoric ester groups is 2. The molecule has 172 valence electrons. The Morgan fingerprint density at radius 1 is 1.03 bits per heavy atom. The molecular formula is C13H18N4O12P2. The minimum atomic E-state index is -5.11. The van der Waals surface area contributed by atoms with Gasteiger partial charge in [0.25, 0.3) is 5.56 Å². The molecule has 31 heavy (non-hydrogen) atoms. The van der Waals surface area contributed by atoms with Crippen LogP contribution in [0, 0.1) is 0 Å². The highest BCUT2D eigenvalue weighted by Crippen LogP contribution is 2.60. The Bertz CT molecular complexity index is 1120. The normalized spacial score (nSPS) is 37.8. The van der Waals surface area contributed by atoms with Gasteiger partial charge < -0.3 is 29.5 Å². The predicted molar refractivity (Wildman–Crippen MR) is 96.3 cm³/mol. The summed E-state index contributed by atoms with van der Waals surface area (Å²) in [6.07, 6.45) is -3.40. The fourth-order valence-electron chi connectivity index (χ4n) is 3.04. The van der Waals surface area contributed by atoms with Crippen molar-refractivity contribution in [2.24, 2.45) is 0 Å². The first-order chi connectivity index (χ1) is 14.6. The van der Waals surface area contributed by atoms with E-state index >= 15 is 0 Å². The SMILES string of the molecule is O=c1c2ncn3c2ncn1COCCOP(=O)(O)OP(=O)(O)OC[C@H]1O[C@@H]3[C@H](O)[C@@H]1O. The summed E-state index contributed by atoms with van der Waals surface area (Å²) < 4.78 is 50.0. The lowest BCUT2D eigenvalue weighted by Gasteiger charge is -2.19. The standard InChI is InChI=1S/C13H18N4O12P2/c18-9-7-3-27-31(23,24)29-30(21,22)26-2-1-25-6-16-4-15-11-8(12(16)20)14-5-17(11)13(28-7)10(9)19/h4-5,7,9-10,13,18-19H,1-3,6H2,(H,21,22)(H,23,24)/t7-,9-,10-,13-/m1/s1. The van der Waals surface area contributed by atoms with Crippen molar-refractivity contribution in [2.45, 2.75) is 31.3 Å². The molecule has 2 unspecified atom stereocenters. The third-order valence-electron chi connectivity index (χ3n) is 4.48. The van der Waals surface area contributed by atoms with Gasteiger partial charge in [0.05, 0.1) is 26.1 Å². The van der Waals surface area contributed by atoms with Crippen LogP contribution in [-0.2, 0) is 38.7 Å². The molecule has 0 spiro atoms. The number of ether oxygens (including phenoxy) is 2. The molecule has 1 saturated heterocycles. The van der Waals surface area contributed by atoms with E-state index < -0.39 is 59.0 Å². The first kappa shape index (κ1) is 22.6. The number of nitrogens with zero attached hydrogens (tertiary/aromatic N) is 4. The molecule has 18 heteroatoms. The van der Waals surface area contributed by atoms with Crippen LogP contribution >= 0.6 is 15.6 Å². The number of fused-ring (bicyclic) bond motifs is 10. The lowest BCUT2D eigenvalue weighted by molar-refractivity contribution is -0.0505. The van der Waals surface area contributed by atoms with Crippen LogP contribution in [0.15, 0.2) is 17.4 Å². The van der Waals surface area contributed by atoms with Gasteiger partial charge in [0.2, 0.25) is 0 Å². The lowest BCUT2D eigenvalue weighted by Crippen LogP contribution is -2.33. The van der Waals surface area contributed by atoms with Crippen LogP contribution < -0.4 is 5.56 Å². The molecule has 16 nitrogen and oxygen atoms in total. The van der Waals surface area contributed by atoms with E-state index in [0.717, 1.165) is 10.9 Å². The largest absolute Gasteiger partial charge is 0.481 e. The summed E-state index contributed by atoms with van der Waals surface area (Å²) in [5, 5.41) is 20.6. The first-order valence-electron chi connectivity index (χ1n) is 8.75. The van der Waals surface area contributed by atoms with E-state index in [2.05, 4.69) is 23.3 Å². The average Bonchev–Trinajstić information content (AvgIpc) is 3.22. The van der Waals surface area contributed by atoms with Crippen molar-refractivity contribution in [2.75, 3.05) is 19.8 Å². The second kappa shape index (κ2) is 8.42. The molecule has 2 aromatic heterocycles. The second-order valence-electron chi connectivity index (χ2n) is 6.57. The third-order valence-corrected chi connectivity index (χ3v) is 7.12. The van der Waals surface area contributed by atoms with Crippen LogP contribution in [0.25, 0.3) is 11.2 Å². The lowest BCUT2D eigenvalue weighted by atomic mass is 10.1. The van der Waals surface area contributed by atoms with Crippen LogP contribution in [0.2, 0.25) is 0 Å². The number of rotatable bonds is 0. The van der Waals surface area contributed by atoms with Crippen molar-refractivity contribution in [1.82, 2.24) is 19.1 Å². The van der Waals surface area contributed by atoms with Gasteiger partial charge in [0, 0.05) is 0 Å². The molecule has 4 N–H and O–H groups in total. The molecule has 3 aliphatic rings. The molecule has 2 aromatic rings. The molecular weight excluding hydrogens is 466 g/mol. The van der Waals surface area contributed by atoms with Crippen molar-refractivity contribution in [3.63, 3.8) is 0 Å². The van der Waals surface area contributed by atoms with Crippen LogP contribution in [0.3, 0.4) is 0 Å². The van der Waals surface area contributed by atoms with E-state index in [1.54, 1.807) is 0 Å². The maximum atomic E-state index is 12.6. The number of hydrogen-bond acceptors (Lipinski definition) is 12. The summed E-state index contributed by atoms with van der Waals surface area (Å²) in [6, 6.07) is 0. The zero-order valence-corrected chi connectivity index (χ0v) is 17.3. The minimum Gasteiger partial charge on any atom is -0.387 e. The van der Waals surface area contributed by atoms with Crippen molar-refractivity contribution < 1.29 is 52.0 Å². The zero-order chi connectivity index (χ0) is 22.4. The van der Waals surface area contributed by atoms with Crippen LogP contribution in [0.4, 0.5) is 0 Å². The van der Waals surface area contributed by atoms with Gasteiger partial charge in [-0.1, -0.05) is 0 Å². The molecule has 6 bridgehead atoms. The Hall–Kier alpha value is -1.55. The van der Waals surface area contributed by atoms with Gasteiger partial charge in [-0.25, -0.2) is 19.1 Å². The topological polar surface area (TPSA) is 214 Å². The van der Waals surface area contributed by atoms with Gasteiger partial charge in [-0.2, -0.15) is 4.31 Å². The molecule has 0 amide bonds. The third kappa shape index (κ3) is 4.65. The smallest absolute Gasteiger partial charge is 0.387 e. The Labute approximate surface area is 172 Å². The highest BCUT2D eigenvalue weighted by atomic mass is 31.3. The Kier molecular flexibility index (Phi) is 6.15. The quantitative estimate of drug-likeness (QED) is 0.312. The predicted octanol–water partition coefficient (Wildman–Crippen LogP) is -1.55. The molecule has 0 aliphatic carbocycles. The zero-order valence-electron chi connectivity index (χ0n) is 15.5. The number of imidazole rings is 1. The van der Waals surface area contributed by atoms with Crippen LogP contribution in [0.1, 0.15) is 6.23 Å². The molecule has 1 fully saturated rings.